The Morgan fingerprint density at radius 2 is 1.79 bits per heavy atom. The first-order valence-corrected chi connectivity index (χ1v) is 9.25. The van der Waals surface area contributed by atoms with Gasteiger partial charge in [0.15, 0.2) is 0 Å². The molecule has 7 heteroatoms. The Labute approximate surface area is 165 Å². The molecule has 7 nitrogen and oxygen atoms in total. The zero-order valence-corrected chi connectivity index (χ0v) is 16.2. The van der Waals surface area contributed by atoms with Gasteiger partial charge >= 0.3 is 0 Å². The van der Waals surface area contributed by atoms with Crippen molar-refractivity contribution in [2.45, 2.75) is 26.3 Å². The highest BCUT2D eigenvalue weighted by Crippen LogP contribution is 2.28. The summed E-state index contributed by atoms with van der Waals surface area (Å²) in [4.78, 5) is 24.2. The number of rotatable bonds is 10. The summed E-state index contributed by atoms with van der Waals surface area (Å²) in [6.07, 6.45) is 0.0785. The maximum Gasteiger partial charge on any atom is 0.226 e. The van der Waals surface area contributed by atoms with Gasteiger partial charge in [0.25, 0.3) is 0 Å². The maximum atomic E-state index is 12.6. The molecule has 0 radical (unpaired) electrons. The van der Waals surface area contributed by atoms with Gasteiger partial charge in [-0.15, -0.1) is 0 Å². The zero-order valence-electron chi connectivity index (χ0n) is 16.2. The molecule has 0 aliphatic carbocycles. The number of nitrogens with two attached hydrogens (primary N) is 1. The van der Waals surface area contributed by atoms with Crippen LogP contribution in [-0.2, 0) is 9.59 Å². The van der Waals surface area contributed by atoms with Crippen molar-refractivity contribution in [1.82, 2.24) is 5.32 Å². The molecule has 2 amide bonds. The number of hydrogen-bond donors (Lipinski definition) is 3. The summed E-state index contributed by atoms with van der Waals surface area (Å²) in [6.45, 7) is 4.68. The zero-order chi connectivity index (χ0) is 20.4. The Morgan fingerprint density at radius 3 is 2.43 bits per heavy atom. The van der Waals surface area contributed by atoms with Gasteiger partial charge in [0, 0.05) is 24.7 Å². The van der Waals surface area contributed by atoms with Crippen LogP contribution in [0, 0.1) is 0 Å². The molecule has 0 fully saturated rings. The van der Waals surface area contributed by atoms with E-state index in [0.29, 0.717) is 36.9 Å². The van der Waals surface area contributed by atoms with Crippen LogP contribution in [0.15, 0.2) is 48.5 Å². The smallest absolute Gasteiger partial charge is 0.226 e. The van der Waals surface area contributed by atoms with Gasteiger partial charge in [-0.2, -0.15) is 0 Å². The van der Waals surface area contributed by atoms with Gasteiger partial charge in [-0.05, 0) is 37.3 Å². The summed E-state index contributed by atoms with van der Waals surface area (Å²) >= 11 is 0. The summed E-state index contributed by atoms with van der Waals surface area (Å²) in [5.74, 6) is 0.898. The molecule has 1 atom stereocenters. The monoisotopic (exact) mass is 385 g/mol. The molecule has 1 unspecified atom stereocenters. The van der Waals surface area contributed by atoms with Crippen LogP contribution in [0.2, 0.25) is 0 Å². The Balaban J connectivity index is 2.08. The molecule has 0 heterocycles. The quantitative estimate of drug-likeness (QED) is 0.583. The fourth-order valence-corrected chi connectivity index (χ4v) is 2.75. The van der Waals surface area contributed by atoms with Gasteiger partial charge in [-0.25, -0.2) is 0 Å². The minimum Gasteiger partial charge on any atom is -0.494 e. The van der Waals surface area contributed by atoms with Crippen LogP contribution in [0.25, 0.3) is 0 Å². The molecule has 2 aromatic rings. The van der Waals surface area contributed by atoms with Crippen LogP contribution < -0.4 is 25.8 Å². The molecule has 0 bridgehead atoms. The van der Waals surface area contributed by atoms with E-state index in [1.165, 1.54) is 6.92 Å². The van der Waals surface area contributed by atoms with Gasteiger partial charge < -0.3 is 25.8 Å². The molecule has 4 N–H and O–H groups in total. The number of hydrogen-bond acceptors (Lipinski definition) is 5. The van der Waals surface area contributed by atoms with E-state index in [1.54, 1.807) is 24.3 Å². The first-order valence-electron chi connectivity index (χ1n) is 9.25. The molecule has 28 heavy (non-hydrogen) atoms. The highest BCUT2D eigenvalue weighted by Gasteiger charge is 2.20. The first kappa shape index (κ1) is 21.2. The van der Waals surface area contributed by atoms with Crippen LogP contribution >= 0.6 is 0 Å². The van der Waals surface area contributed by atoms with Crippen LogP contribution in [0.1, 0.15) is 31.9 Å². The molecule has 0 aromatic heterocycles. The van der Waals surface area contributed by atoms with E-state index in [-0.39, 0.29) is 18.2 Å². The molecule has 2 rings (SSSR count). The van der Waals surface area contributed by atoms with Crippen molar-refractivity contribution in [1.29, 1.82) is 0 Å². The summed E-state index contributed by atoms with van der Waals surface area (Å²) in [5.41, 5.74) is 6.82. The number of carbonyl (C=O) groups is 2. The lowest BCUT2D eigenvalue weighted by Gasteiger charge is -2.21. The fraction of sp³-hybridized carbons (Fsp3) is 0.333. The minimum absolute atomic E-state index is 0.0785. The summed E-state index contributed by atoms with van der Waals surface area (Å²) < 4.78 is 11.1. The van der Waals surface area contributed by atoms with Crippen molar-refractivity contribution in [3.8, 4) is 11.5 Å². The average molecular weight is 385 g/mol. The molecule has 0 saturated carbocycles. The Hall–Kier alpha value is -3.06. The molecule has 0 aliphatic rings. The summed E-state index contributed by atoms with van der Waals surface area (Å²) in [6, 6.07) is 13.9. The average Bonchev–Trinajstić information content (AvgIpc) is 2.67. The molecule has 150 valence electrons. The van der Waals surface area contributed by atoms with Crippen LogP contribution in [0.5, 0.6) is 11.5 Å². The molecular formula is C21H27N3O4. The Morgan fingerprint density at radius 1 is 1.07 bits per heavy atom. The van der Waals surface area contributed by atoms with E-state index in [2.05, 4.69) is 10.6 Å². The van der Waals surface area contributed by atoms with Crippen molar-refractivity contribution in [3.63, 3.8) is 0 Å². The third kappa shape index (κ3) is 6.59. The van der Waals surface area contributed by atoms with Gasteiger partial charge in [0.2, 0.25) is 11.8 Å². The normalized spacial score (nSPS) is 11.4. The lowest BCUT2D eigenvalue weighted by atomic mass is 10.0. The fourth-order valence-electron chi connectivity index (χ4n) is 2.75. The van der Waals surface area contributed by atoms with Gasteiger partial charge in [0.1, 0.15) is 18.1 Å². The molecule has 0 aliphatic heterocycles. The topological polar surface area (TPSA) is 103 Å². The van der Waals surface area contributed by atoms with Gasteiger partial charge in [-0.3, -0.25) is 9.59 Å². The SMILES string of the molecule is CCOc1ccccc1C(CC(=O)Nc1ccc(OCCN)cc1)NC(C)=O. The Kier molecular flexibility index (Phi) is 8.30. The predicted octanol–water partition coefficient (Wildman–Crippen LogP) is 2.63. The van der Waals surface area contributed by atoms with Crippen molar-refractivity contribution in [2.75, 3.05) is 25.1 Å². The molecule has 0 saturated heterocycles. The van der Waals surface area contributed by atoms with Gasteiger partial charge in [-0.1, -0.05) is 18.2 Å². The van der Waals surface area contributed by atoms with E-state index in [9.17, 15) is 9.59 Å². The lowest BCUT2D eigenvalue weighted by molar-refractivity contribution is -0.120. The second-order valence-corrected chi connectivity index (χ2v) is 6.14. The maximum absolute atomic E-state index is 12.6. The second kappa shape index (κ2) is 10.9. The van der Waals surface area contributed by atoms with E-state index >= 15 is 0 Å². The van der Waals surface area contributed by atoms with Crippen LogP contribution in [-0.4, -0.2) is 31.6 Å². The van der Waals surface area contributed by atoms with Crippen molar-refractivity contribution >= 4 is 17.5 Å². The van der Waals surface area contributed by atoms with Gasteiger partial charge in [0.05, 0.1) is 19.1 Å². The number of para-hydroxylation sites is 1. The molecular weight excluding hydrogens is 358 g/mol. The minimum atomic E-state index is -0.493. The van der Waals surface area contributed by atoms with E-state index in [1.807, 2.05) is 31.2 Å². The number of amides is 2. The third-order valence-corrected chi connectivity index (χ3v) is 3.89. The highest BCUT2D eigenvalue weighted by atomic mass is 16.5. The van der Waals surface area contributed by atoms with Crippen molar-refractivity contribution in [3.05, 3.63) is 54.1 Å². The highest BCUT2D eigenvalue weighted by molar-refractivity contribution is 5.91. The molecule has 2 aromatic carbocycles. The second-order valence-electron chi connectivity index (χ2n) is 6.14. The van der Waals surface area contributed by atoms with Crippen molar-refractivity contribution in [2.24, 2.45) is 5.73 Å². The lowest BCUT2D eigenvalue weighted by Crippen LogP contribution is -2.30. The number of carbonyl (C=O) groups excluding carboxylic acids is 2. The standard InChI is InChI=1S/C21H27N3O4/c1-3-27-20-7-5-4-6-18(20)19(23-15(2)25)14-21(26)24-16-8-10-17(11-9-16)28-13-12-22/h4-11,19H,3,12-14,22H2,1-2H3,(H,23,25)(H,24,26). The van der Waals surface area contributed by atoms with Crippen LogP contribution in [0.4, 0.5) is 5.69 Å². The largest absolute Gasteiger partial charge is 0.494 e. The number of nitrogens with one attached hydrogen (secondary N) is 2. The molecule has 0 spiro atoms. The summed E-state index contributed by atoms with van der Waals surface area (Å²) in [5, 5.41) is 5.67. The van der Waals surface area contributed by atoms with E-state index < -0.39 is 6.04 Å². The summed E-state index contributed by atoms with van der Waals surface area (Å²) in [7, 11) is 0. The predicted molar refractivity (Wildman–Crippen MR) is 108 cm³/mol. The third-order valence-electron chi connectivity index (χ3n) is 3.89. The van der Waals surface area contributed by atoms with E-state index in [4.69, 9.17) is 15.2 Å². The van der Waals surface area contributed by atoms with E-state index in [0.717, 1.165) is 5.56 Å². The Bertz CT molecular complexity index is 777. The van der Waals surface area contributed by atoms with Crippen LogP contribution in [0.3, 0.4) is 0 Å². The number of ether oxygens (including phenoxy) is 2. The number of benzene rings is 2. The number of anilines is 1. The van der Waals surface area contributed by atoms with Crippen molar-refractivity contribution < 1.29 is 19.1 Å². The first-order chi connectivity index (χ1) is 13.5.